The van der Waals surface area contributed by atoms with Gasteiger partial charge in [-0.05, 0) is 49.2 Å². The Morgan fingerprint density at radius 1 is 1.12 bits per heavy atom. The van der Waals surface area contributed by atoms with Crippen LogP contribution in [0.2, 0.25) is 0 Å². The highest BCUT2D eigenvalue weighted by atomic mass is 14.3. The highest BCUT2D eigenvalue weighted by Gasteiger charge is 2.20. The number of aryl methyl sites for hydroxylation is 1. The van der Waals surface area contributed by atoms with Gasteiger partial charge < -0.3 is 0 Å². The first-order chi connectivity index (χ1) is 8.08. The molecule has 0 heteroatoms. The number of hydrogen-bond donors (Lipinski definition) is 0. The van der Waals surface area contributed by atoms with Gasteiger partial charge >= 0.3 is 0 Å². The molecule has 0 amide bonds. The van der Waals surface area contributed by atoms with Gasteiger partial charge in [-0.15, -0.1) is 0 Å². The Bertz CT molecular complexity index is 406. The Balaban J connectivity index is 2.40. The van der Waals surface area contributed by atoms with E-state index in [-0.39, 0.29) is 0 Å². The van der Waals surface area contributed by atoms with E-state index in [1.165, 1.54) is 30.4 Å². The van der Waals surface area contributed by atoms with Crippen molar-refractivity contribution in [1.82, 2.24) is 0 Å². The summed E-state index contributed by atoms with van der Waals surface area (Å²) in [4.78, 5) is 0. The molecule has 0 spiro atoms. The smallest absolute Gasteiger partial charge is 0.0225 e. The highest BCUT2D eigenvalue weighted by Crippen LogP contribution is 2.38. The molecule has 0 aromatic heterocycles. The third-order valence-electron chi connectivity index (χ3n) is 3.94. The largest absolute Gasteiger partial charge is 0.0638 e. The minimum absolute atomic E-state index is 0.693. The van der Waals surface area contributed by atoms with E-state index >= 15 is 0 Å². The number of benzene rings is 1. The van der Waals surface area contributed by atoms with E-state index in [2.05, 4.69) is 52.0 Å². The summed E-state index contributed by atoms with van der Waals surface area (Å²) in [5.41, 5.74) is 6.11. The molecular weight excluding hydrogens is 204 g/mol. The van der Waals surface area contributed by atoms with Crippen LogP contribution < -0.4 is 0 Å². The molecule has 2 rings (SSSR count). The summed E-state index contributed by atoms with van der Waals surface area (Å²) in [5, 5.41) is 0. The molecule has 17 heavy (non-hydrogen) atoms. The number of rotatable bonds is 2. The Hall–Kier alpha value is -1.04. The Labute approximate surface area is 106 Å². The average molecular weight is 228 g/mol. The van der Waals surface area contributed by atoms with Crippen molar-refractivity contribution >= 4 is 5.57 Å². The molecule has 0 nitrogen and oxygen atoms in total. The molecule has 1 aromatic carbocycles. The van der Waals surface area contributed by atoms with Crippen LogP contribution in [0, 0.1) is 18.8 Å². The third kappa shape index (κ3) is 2.80. The molecule has 1 aliphatic rings. The minimum Gasteiger partial charge on any atom is -0.0638 e. The number of allylic oxidation sites excluding steroid dienone is 2. The van der Waals surface area contributed by atoms with Crippen LogP contribution in [0.1, 0.15) is 51.2 Å². The summed E-state index contributed by atoms with van der Waals surface area (Å²) in [6.07, 6.45) is 3.92. The van der Waals surface area contributed by atoms with E-state index in [9.17, 15) is 0 Å². The normalized spacial score (nSPS) is 21.1. The lowest BCUT2D eigenvalue weighted by Gasteiger charge is -2.27. The lowest BCUT2D eigenvalue weighted by Crippen LogP contribution is -2.10. The van der Waals surface area contributed by atoms with Crippen LogP contribution >= 0.6 is 0 Å². The molecule has 1 unspecified atom stereocenters. The fourth-order valence-electron chi connectivity index (χ4n) is 2.83. The Morgan fingerprint density at radius 3 is 2.35 bits per heavy atom. The quantitative estimate of drug-likeness (QED) is 0.650. The van der Waals surface area contributed by atoms with Gasteiger partial charge in [-0.1, -0.05) is 56.2 Å². The number of hydrogen-bond acceptors (Lipinski definition) is 0. The summed E-state index contributed by atoms with van der Waals surface area (Å²) in [7, 11) is 0. The van der Waals surface area contributed by atoms with Crippen molar-refractivity contribution < 1.29 is 0 Å². The molecule has 1 aliphatic carbocycles. The average Bonchev–Trinajstić information content (AvgIpc) is 2.29. The van der Waals surface area contributed by atoms with Crippen LogP contribution in [0.4, 0.5) is 0 Å². The van der Waals surface area contributed by atoms with Gasteiger partial charge in [0.25, 0.3) is 0 Å². The molecule has 1 aromatic rings. The molecule has 0 N–H and O–H groups in total. The maximum atomic E-state index is 2.38. The maximum absolute atomic E-state index is 2.38. The minimum atomic E-state index is 0.693. The highest BCUT2D eigenvalue weighted by molar-refractivity contribution is 5.70. The monoisotopic (exact) mass is 228 g/mol. The van der Waals surface area contributed by atoms with Crippen molar-refractivity contribution in [3.05, 3.63) is 41.0 Å². The lowest BCUT2D eigenvalue weighted by molar-refractivity contribution is 0.500. The van der Waals surface area contributed by atoms with E-state index in [0.717, 1.165) is 5.92 Å². The van der Waals surface area contributed by atoms with E-state index < -0.39 is 0 Å². The van der Waals surface area contributed by atoms with Crippen LogP contribution in [0.15, 0.2) is 29.8 Å². The van der Waals surface area contributed by atoms with Gasteiger partial charge in [-0.2, -0.15) is 0 Å². The molecule has 92 valence electrons. The summed E-state index contributed by atoms with van der Waals surface area (Å²) in [6, 6.07) is 9.06. The zero-order chi connectivity index (χ0) is 12.4. The van der Waals surface area contributed by atoms with Crippen molar-refractivity contribution in [3.8, 4) is 0 Å². The fraction of sp³-hybridized carbons (Fsp3) is 0.529. The van der Waals surface area contributed by atoms with E-state index in [0.29, 0.717) is 5.92 Å². The zero-order valence-electron chi connectivity index (χ0n) is 11.6. The molecular formula is C17H24. The van der Waals surface area contributed by atoms with Crippen molar-refractivity contribution in [3.63, 3.8) is 0 Å². The predicted octanol–water partition coefficient (Wildman–Crippen LogP) is 5.22. The van der Waals surface area contributed by atoms with Gasteiger partial charge in [0, 0.05) is 0 Å². The predicted molar refractivity (Wildman–Crippen MR) is 76.0 cm³/mol. The maximum Gasteiger partial charge on any atom is -0.0225 e. The van der Waals surface area contributed by atoms with Crippen molar-refractivity contribution in [2.75, 3.05) is 0 Å². The van der Waals surface area contributed by atoms with Gasteiger partial charge in [0.2, 0.25) is 0 Å². The summed E-state index contributed by atoms with van der Waals surface area (Å²) < 4.78 is 0. The third-order valence-corrected chi connectivity index (χ3v) is 3.94. The van der Waals surface area contributed by atoms with Gasteiger partial charge in [-0.25, -0.2) is 0 Å². The summed E-state index contributed by atoms with van der Waals surface area (Å²) in [5.74, 6) is 1.53. The molecule has 0 fully saturated rings. The second-order valence-corrected chi connectivity index (χ2v) is 5.87. The SMILES string of the molecule is Cc1ccc(C2=C(C(C)C)CCC(C)C2)cc1. The van der Waals surface area contributed by atoms with Gasteiger partial charge in [-0.3, -0.25) is 0 Å². The van der Waals surface area contributed by atoms with Crippen LogP contribution in [-0.2, 0) is 0 Å². The fourth-order valence-corrected chi connectivity index (χ4v) is 2.83. The molecule has 0 saturated carbocycles. The molecule has 1 atom stereocenters. The molecule has 0 bridgehead atoms. The summed E-state index contributed by atoms with van der Waals surface area (Å²) in [6.45, 7) is 9.20. The van der Waals surface area contributed by atoms with E-state index in [1.54, 1.807) is 11.1 Å². The first kappa shape index (κ1) is 12.4. The molecule has 0 aliphatic heterocycles. The van der Waals surface area contributed by atoms with Crippen molar-refractivity contribution in [2.45, 2.75) is 47.0 Å². The standard InChI is InChI=1S/C17H24/c1-12(2)16-10-7-14(4)11-17(16)15-8-5-13(3)6-9-15/h5-6,8-9,12,14H,7,10-11H2,1-4H3. The molecule has 0 heterocycles. The zero-order valence-corrected chi connectivity index (χ0v) is 11.6. The summed E-state index contributed by atoms with van der Waals surface area (Å²) >= 11 is 0. The second-order valence-electron chi connectivity index (χ2n) is 5.87. The molecule has 0 radical (unpaired) electrons. The van der Waals surface area contributed by atoms with Crippen LogP contribution in [0.25, 0.3) is 5.57 Å². The lowest BCUT2D eigenvalue weighted by atomic mass is 9.78. The molecule has 0 saturated heterocycles. The Kier molecular flexibility index (Phi) is 3.71. The van der Waals surface area contributed by atoms with Crippen LogP contribution in [-0.4, -0.2) is 0 Å². The Morgan fingerprint density at radius 2 is 1.76 bits per heavy atom. The van der Waals surface area contributed by atoms with E-state index in [4.69, 9.17) is 0 Å². The van der Waals surface area contributed by atoms with Gasteiger partial charge in [0.05, 0.1) is 0 Å². The van der Waals surface area contributed by atoms with Crippen molar-refractivity contribution in [1.29, 1.82) is 0 Å². The second kappa shape index (κ2) is 5.08. The topological polar surface area (TPSA) is 0 Å². The van der Waals surface area contributed by atoms with Crippen molar-refractivity contribution in [2.24, 2.45) is 11.8 Å². The first-order valence-electron chi connectivity index (χ1n) is 6.87. The van der Waals surface area contributed by atoms with Crippen LogP contribution in [0.5, 0.6) is 0 Å². The van der Waals surface area contributed by atoms with Crippen LogP contribution in [0.3, 0.4) is 0 Å². The van der Waals surface area contributed by atoms with E-state index in [1.807, 2.05) is 0 Å². The first-order valence-corrected chi connectivity index (χ1v) is 6.87. The van der Waals surface area contributed by atoms with Gasteiger partial charge in [0.15, 0.2) is 0 Å². The van der Waals surface area contributed by atoms with Gasteiger partial charge in [0.1, 0.15) is 0 Å².